The maximum atomic E-state index is 4.91. The number of hydroxylamine groups is 1. The first-order chi connectivity index (χ1) is 3.29. The SMILES string of the molecule is CC1=NSN(C)O1. The molecule has 0 aromatic carbocycles. The molecule has 1 aliphatic rings. The molecule has 1 heterocycles. The Morgan fingerprint density at radius 1 is 1.86 bits per heavy atom. The summed E-state index contributed by atoms with van der Waals surface area (Å²) < 4.78 is 5.45. The molecule has 0 atom stereocenters. The molecule has 7 heavy (non-hydrogen) atoms. The zero-order valence-electron chi connectivity index (χ0n) is 4.21. The van der Waals surface area contributed by atoms with E-state index >= 15 is 0 Å². The summed E-state index contributed by atoms with van der Waals surface area (Å²) in [5, 5.41) is 0. The molecule has 0 saturated carbocycles. The standard InChI is InChI=1S/C3H6N2OS/c1-3-4-7-5(2)6-3/h1-2H3. The van der Waals surface area contributed by atoms with E-state index in [1.807, 2.05) is 14.0 Å². The monoisotopic (exact) mass is 118 g/mol. The van der Waals surface area contributed by atoms with Gasteiger partial charge in [-0.3, -0.25) is 0 Å². The third-order valence-corrected chi connectivity index (χ3v) is 1.19. The van der Waals surface area contributed by atoms with Crippen LogP contribution in [0.4, 0.5) is 0 Å². The fraction of sp³-hybridized carbons (Fsp3) is 0.667. The highest BCUT2D eigenvalue weighted by atomic mass is 32.2. The van der Waals surface area contributed by atoms with Crippen LogP contribution in [0.3, 0.4) is 0 Å². The van der Waals surface area contributed by atoms with Crippen LogP contribution in [0.1, 0.15) is 6.92 Å². The van der Waals surface area contributed by atoms with Gasteiger partial charge in [0.1, 0.15) is 12.1 Å². The fourth-order valence-electron chi connectivity index (χ4n) is 0.334. The van der Waals surface area contributed by atoms with E-state index in [1.54, 1.807) is 4.47 Å². The van der Waals surface area contributed by atoms with Gasteiger partial charge in [0.05, 0.1) is 0 Å². The molecule has 0 saturated heterocycles. The maximum Gasteiger partial charge on any atom is 0.220 e. The van der Waals surface area contributed by atoms with Crippen LogP contribution >= 0.6 is 12.1 Å². The van der Waals surface area contributed by atoms with Gasteiger partial charge in [0, 0.05) is 14.0 Å². The Bertz CT molecular complexity index is 103. The van der Waals surface area contributed by atoms with Gasteiger partial charge < -0.3 is 4.84 Å². The smallest absolute Gasteiger partial charge is 0.220 e. The third-order valence-electron chi connectivity index (χ3n) is 0.545. The molecule has 40 valence electrons. The zero-order valence-corrected chi connectivity index (χ0v) is 5.03. The van der Waals surface area contributed by atoms with Gasteiger partial charge in [-0.1, -0.05) is 4.47 Å². The molecule has 0 fully saturated rings. The number of rotatable bonds is 0. The molecule has 1 aliphatic heterocycles. The Morgan fingerprint density at radius 3 is 2.71 bits per heavy atom. The van der Waals surface area contributed by atoms with Gasteiger partial charge in [-0.2, -0.15) is 4.40 Å². The summed E-state index contributed by atoms with van der Waals surface area (Å²) in [5.74, 6) is 0.715. The average Bonchev–Trinajstić information content (AvgIpc) is 1.87. The Kier molecular flexibility index (Phi) is 1.21. The first kappa shape index (κ1) is 4.93. The molecular formula is C3H6N2OS. The second kappa shape index (κ2) is 1.71. The van der Waals surface area contributed by atoms with Crippen LogP contribution in [0.15, 0.2) is 4.40 Å². The molecule has 0 aliphatic carbocycles. The summed E-state index contributed by atoms with van der Waals surface area (Å²) in [6.45, 7) is 1.82. The Morgan fingerprint density at radius 2 is 2.57 bits per heavy atom. The van der Waals surface area contributed by atoms with Crippen molar-refractivity contribution in [2.24, 2.45) is 4.40 Å². The molecule has 3 nitrogen and oxygen atoms in total. The van der Waals surface area contributed by atoms with Crippen molar-refractivity contribution in [1.29, 1.82) is 0 Å². The van der Waals surface area contributed by atoms with E-state index in [1.165, 1.54) is 12.1 Å². The van der Waals surface area contributed by atoms with E-state index in [-0.39, 0.29) is 0 Å². The highest BCUT2D eigenvalue weighted by molar-refractivity contribution is 7.95. The lowest BCUT2D eigenvalue weighted by Crippen LogP contribution is -2.05. The Hall–Kier alpha value is -0.220. The van der Waals surface area contributed by atoms with Crippen LogP contribution in [0.2, 0.25) is 0 Å². The lowest BCUT2D eigenvalue weighted by Gasteiger charge is -2.00. The Labute approximate surface area is 46.6 Å². The Balaban J connectivity index is 2.42. The predicted molar refractivity (Wildman–Crippen MR) is 29.5 cm³/mol. The summed E-state index contributed by atoms with van der Waals surface area (Å²) in [6, 6.07) is 0. The largest absolute Gasteiger partial charge is 0.378 e. The molecule has 0 aromatic rings. The predicted octanol–water partition coefficient (Wildman–Crippen LogP) is 0.845. The van der Waals surface area contributed by atoms with Crippen LogP contribution in [-0.4, -0.2) is 17.4 Å². The molecule has 4 heteroatoms. The zero-order chi connectivity index (χ0) is 5.28. The average molecular weight is 118 g/mol. The van der Waals surface area contributed by atoms with Gasteiger partial charge in [-0.25, -0.2) is 0 Å². The maximum absolute atomic E-state index is 4.91. The molecule has 0 amide bonds. The highest BCUT2D eigenvalue weighted by Crippen LogP contribution is 2.16. The summed E-state index contributed by atoms with van der Waals surface area (Å²) in [6.07, 6.45) is 0. The van der Waals surface area contributed by atoms with E-state index in [2.05, 4.69) is 4.40 Å². The van der Waals surface area contributed by atoms with Crippen molar-refractivity contribution in [3.05, 3.63) is 0 Å². The second-order valence-electron chi connectivity index (χ2n) is 1.22. The van der Waals surface area contributed by atoms with E-state index in [0.717, 1.165) is 0 Å². The minimum atomic E-state index is 0.715. The van der Waals surface area contributed by atoms with Crippen LogP contribution in [-0.2, 0) is 4.84 Å². The molecule has 0 N–H and O–H groups in total. The first-order valence-electron chi connectivity index (χ1n) is 1.92. The summed E-state index contributed by atoms with van der Waals surface area (Å²) in [5.41, 5.74) is 0. The number of hydrogen-bond donors (Lipinski definition) is 0. The van der Waals surface area contributed by atoms with Gasteiger partial charge in [-0.15, -0.1) is 0 Å². The van der Waals surface area contributed by atoms with Gasteiger partial charge in [0.2, 0.25) is 5.90 Å². The van der Waals surface area contributed by atoms with Crippen molar-refractivity contribution in [3.63, 3.8) is 0 Å². The van der Waals surface area contributed by atoms with Crippen LogP contribution in [0.25, 0.3) is 0 Å². The highest BCUT2D eigenvalue weighted by Gasteiger charge is 2.07. The van der Waals surface area contributed by atoms with Crippen LogP contribution in [0.5, 0.6) is 0 Å². The summed E-state index contributed by atoms with van der Waals surface area (Å²) in [7, 11) is 1.81. The van der Waals surface area contributed by atoms with Crippen molar-refractivity contribution in [1.82, 2.24) is 4.47 Å². The molecule has 0 spiro atoms. The summed E-state index contributed by atoms with van der Waals surface area (Å²) >= 11 is 1.30. The van der Waals surface area contributed by atoms with Crippen LogP contribution < -0.4 is 0 Å². The van der Waals surface area contributed by atoms with Crippen molar-refractivity contribution < 1.29 is 4.84 Å². The summed E-state index contributed by atoms with van der Waals surface area (Å²) in [4.78, 5) is 4.91. The van der Waals surface area contributed by atoms with Gasteiger partial charge in [0.15, 0.2) is 0 Å². The first-order valence-corrected chi connectivity index (χ1v) is 2.65. The van der Waals surface area contributed by atoms with Crippen molar-refractivity contribution >= 4 is 18.0 Å². The van der Waals surface area contributed by atoms with E-state index < -0.39 is 0 Å². The molecule has 0 aromatic heterocycles. The molecular weight excluding hydrogens is 112 g/mol. The van der Waals surface area contributed by atoms with E-state index in [9.17, 15) is 0 Å². The third kappa shape index (κ3) is 1.07. The second-order valence-corrected chi connectivity index (χ2v) is 2.08. The van der Waals surface area contributed by atoms with Crippen molar-refractivity contribution in [3.8, 4) is 0 Å². The molecule has 1 rings (SSSR count). The van der Waals surface area contributed by atoms with E-state index in [4.69, 9.17) is 4.84 Å². The van der Waals surface area contributed by atoms with Gasteiger partial charge in [-0.05, 0) is 0 Å². The topological polar surface area (TPSA) is 24.8 Å². The number of hydrogen-bond acceptors (Lipinski definition) is 4. The minimum Gasteiger partial charge on any atom is -0.378 e. The quantitative estimate of drug-likeness (QED) is 0.441. The number of nitrogens with zero attached hydrogens (tertiary/aromatic N) is 2. The fourth-order valence-corrected chi connectivity index (χ4v) is 0.739. The van der Waals surface area contributed by atoms with Gasteiger partial charge in [0.25, 0.3) is 0 Å². The van der Waals surface area contributed by atoms with Crippen molar-refractivity contribution in [2.75, 3.05) is 7.05 Å². The van der Waals surface area contributed by atoms with Crippen LogP contribution in [0, 0.1) is 0 Å². The van der Waals surface area contributed by atoms with Gasteiger partial charge >= 0.3 is 0 Å². The lowest BCUT2D eigenvalue weighted by molar-refractivity contribution is 0.0714. The minimum absolute atomic E-state index is 0.715. The lowest BCUT2D eigenvalue weighted by atomic mass is 10.8. The van der Waals surface area contributed by atoms with E-state index in [0.29, 0.717) is 5.90 Å². The molecule has 0 unspecified atom stereocenters. The molecule has 0 bridgehead atoms. The normalized spacial score (nSPS) is 21.7. The molecule has 0 radical (unpaired) electrons. The van der Waals surface area contributed by atoms with Crippen molar-refractivity contribution in [2.45, 2.75) is 6.92 Å².